The lowest BCUT2D eigenvalue weighted by Crippen LogP contribution is -2.50. The van der Waals surface area contributed by atoms with Crippen molar-refractivity contribution in [3.8, 4) is 17.7 Å². The molecule has 3 rings (SSSR count). The van der Waals surface area contributed by atoms with Crippen molar-refractivity contribution in [2.75, 3.05) is 40.5 Å². The molecule has 0 radical (unpaired) electrons. The van der Waals surface area contributed by atoms with Crippen LogP contribution in [0.1, 0.15) is 40.1 Å². The number of fused-ring (bicyclic) bond motifs is 1. The Morgan fingerprint density at radius 3 is 2.91 bits per heavy atom. The Morgan fingerprint density at radius 2 is 2.24 bits per heavy atom. The molecule has 1 aliphatic rings. The molecule has 3 heterocycles. The minimum atomic E-state index is -0.441. The summed E-state index contributed by atoms with van der Waals surface area (Å²) in [4.78, 5) is 37.8. The summed E-state index contributed by atoms with van der Waals surface area (Å²) in [6, 6.07) is 4.66. The fourth-order valence-corrected chi connectivity index (χ4v) is 3.66. The highest BCUT2D eigenvalue weighted by Gasteiger charge is 2.34. The summed E-state index contributed by atoms with van der Waals surface area (Å²) in [5, 5.41) is 9.77. The summed E-state index contributed by atoms with van der Waals surface area (Å²) in [6.07, 6.45) is 4.24. The van der Waals surface area contributed by atoms with Gasteiger partial charge in [-0.1, -0.05) is 18.8 Å². The van der Waals surface area contributed by atoms with E-state index in [0.29, 0.717) is 17.7 Å². The lowest BCUT2D eigenvalue weighted by Gasteiger charge is -2.37. The van der Waals surface area contributed by atoms with Crippen molar-refractivity contribution < 1.29 is 24.2 Å². The van der Waals surface area contributed by atoms with Crippen LogP contribution in [0.2, 0.25) is 0 Å². The van der Waals surface area contributed by atoms with Crippen LogP contribution in [0.15, 0.2) is 36.8 Å². The minimum Gasteiger partial charge on any atom is -0.472 e. The molecule has 0 saturated carbocycles. The van der Waals surface area contributed by atoms with Gasteiger partial charge in [-0.2, -0.15) is 0 Å². The molecule has 2 aromatic rings. The number of hydrogen-bond donors (Lipinski definition) is 1. The molecule has 0 saturated heterocycles. The number of nitrogens with zero attached hydrogens (tertiary/aromatic N) is 4. The number of rotatable bonds is 6. The highest BCUT2D eigenvalue weighted by molar-refractivity contribution is 5.97. The number of likely N-dealkylation sites (N-methyl/N-ethyl adjacent to an activating group) is 1. The third-order valence-corrected chi connectivity index (χ3v) is 5.68. The zero-order chi connectivity index (χ0) is 24.7. The molecule has 0 aliphatic carbocycles. The molecule has 9 heteroatoms. The normalized spacial score (nSPS) is 18.5. The molecule has 2 aromatic heterocycles. The van der Waals surface area contributed by atoms with E-state index in [2.05, 4.69) is 21.8 Å². The van der Waals surface area contributed by atoms with Crippen molar-refractivity contribution in [1.29, 1.82) is 0 Å². The maximum atomic E-state index is 13.4. The van der Waals surface area contributed by atoms with Gasteiger partial charge >= 0.3 is 0 Å². The molecule has 34 heavy (non-hydrogen) atoms. The Balaban J connectivity index is 1.93. The fourth-order valence-electron chi connectivity index (χ4n) is 3.66. The second-order valence-corrected chi connectivity index (χ2v) is 8.36. The van der Waals surface area contributed by atoms with E-state index in [1.807, 2.05) is 6.92 Å². The molecular formula is C25H30N4O5. The first-order valence-corrected chi connectivity index (χ1v) is 11.1. The first-order chi connectivity index (χ1) is 16.3. The van der Waals surface area contributed by atoms with E-state index in [0.717, 1.165) is 0 Å². The van der Waals surface area contributed by atoms with Gasteiger partial charge in [0.2, 0.25) is 5.88 Å². The Bertz CT molecular complexity index is 1070. The van der Waals surface area contributed by atoms with Gasteiger partial charge in [-0.15, -0.1) is 0 Å². The number of aliphatic hydroxyl groups excluding tert-OH is 1. The van der Waals surface area contributed by atoms with E-state index in [1.54, 1.807) is 61.5 Å². The van der Waals surface area contributed by atoms with Crippen LogP contribution >= 0.6 is 0 Å². The summed E-state index contributed by atoms with van der Waals surface area (Å²) in [6.45, 7) is 4.44. The Labute approximate surface area is 199 Å². The van der Waals surface area contributed by atoms with Gasteiger partial charge in [-0.05, 0) is 25.1 Å². The minimum absolute atomic E-state index is 0.141. The van der Waals surface area contributed by atoms with Crippen molar-refractivity contribution >= 4 is 11.8 Å². The zero-order valence-electron chi connectivity index (χ0n) is 19.9. The van der Waals surface area contributed by atoms with Gasteiger partial charge in [0.25, 0.3) is 11.8 Å². The molecule has 2 amide bonds. The van der Waals surface area contributed by atoms with E-state index < -0.39 is 12.1 Å². The predicted molar refractivity (Wildman–Crippen MR) is 125 cm³/mol. The maximum absolute atomic E-state index is 13.4. The molecule has 180 valence electrons. The highest BCUT2D eigenvalue weighted by Crippen LogP contribution is 2.27. The molecule has 0 unspecified atom stereocenters. The van der Waals surface area contributed by atoms with Gasteiger partial charge in [-0.25, -0.2) is 4.98 Å². The average molecular weight is 467 g/mol. The molecule has 0 bridgehead atoms. The highest BCUT2D eigenvalue weighted by atomic mass is 16.5. The summed E-state index contributed by atoms with van der Waals surface area (Å²) in [5.74, 6) is 5.34. The second kappa shape index (κ2) is 11.6. The Kier molecular flexibility index (Phi) is 8.57. The smallest absolute Gasteiger partial charge is 0.259 e. The quantitative estimate of drug-likeness (QED) is 0.643. The van der Waals surface area contributed by atoms with Crippen molar-refractivity contribution in [3.63, 3.8) is 0 Å². The second-order valence-electron chi connectivity index (χ2n) is 8.36. The largest absolute Gasteiger partial charge is 0.472 e. The average Bonchev–Trinajstić information content (AvgIpc) is 2.86. The third-order valence-electron chi connectivity index (χ3n) is 5.68. The molecule has 9 nitrogen and oxygen atoms in total. The Morgan fingerprint density at radius 1 is 1.44 bits per heavy atom. The summed E-state index contributed by atoms with van der Waals surface area (Å²) in [7, 11) is 3.25. The molecule has 3 atom stereocenters. The fraction of sp³-hybridized carbons (Fsp3) is 0.440. The number of ether oxygens (including phenoxy) is 2. The van der Waals surface area contributed by atoms with Crippen LogP contribution in [0.3, 0.4) is 0 Å². The summed E-state index contributed by atoms with van der Waals surface area (Å²) in [5.41, 5.74) is 1.30. The van der Waals surface area contributed by atoms with E-state index in [-0.39, 0.29) is 48.9 Å². The number of amides is 2. The van der Waals surface area contributed by atoms with Gasteiger partial charge < -0.3 is 24.4 Å². The monoisotopic (exact) mass is 466 g/mol. The number of hydrogen-bond acceptors (Lipinski definition) is 7. The topological polar surface area (TPSA) is 105 Å². The van der Waals surface area contributed by atoms with Crippen LogP contribution in [0.5, 0.6) is 5.88 Å². The van der Waals surface area contributed by atoms with Gasteiger partial charge in [-0.3, -0.25) is 14.6 Å². The first kappa shape index (κ1) is 25.1. The van der Waals surface area contributed by atoms with E-state index in [1.165, 1.54) is 6.20 Å². The van der Waals surface area contributed by atoms with Gasteiger partial charge in [0.05, 0.1) is 24.8 Å². The van der Waals surface area contributed by atoms with Crippen LogP contribution in [0.4, 0.5) is 0 Å². The van der Waals surface area contributed by atoms with Crippen molar-refractivity contribution in [1.82, 2.24) is 19.8 Å². The van der Waals surface area contributed by atoms with Gasteiger partial charge in [0, 0.05) is 50.8 Å². The number of pyridine rings is 2. The lowest BCUT2D eigenvalue weighted by atomic mass is 9.99. The summed E-state index contributed by atoms with van der Waals surface area (Å²) >= 11 is 0. The van der Waals surface area contributed by atoms with E-state index in [4.69, 9.17) is 9.47 Å². The molecule has 1 aliphatic heterocycles. The van der Waals surface area contributed by atoms with Crippen molar-refractivity contribution in [2.45, 2.75) is 26.0 Å². The summed E-state index contributed by atoms with van der Waals surface area (Å²) < 4.78 is 11.2. The molecule has 0 aromatic carbocycles. The maximum Gasteiger partial charge on any atom is 0.259 e. The van der Waals surface area contributed by atoms with Crippen molar-refractivity contribution in [2.24, 2.45) is 5.92 Å². The van der Waals surface area contributed by atoms with Crippen LogP contribution in [0.25, 0.3) is 0 Å². The number of aliphatic hydroxyl groups is 1. The Hall–Kier alpha value is -3.48. The molecule has 0 fully saturated rings. The number of methoxy groups -OCH3 is 1. The van der Waals surface area contributed by atoms with Crippen LogP contribution in [0, 0.1) is 17.8 Å². The van der Waals surface area contributed by atoms with Crippen LogP contribution < -0.4 is 4.74 Å². The predicted octanol–water partition coefficient (Wildman–Crippen LogP) is 1.47. The van der Waals surface area contributed by atoms with Gasteiger partial charge in [0.15, 0.2) is 0 Å². The standard InChI is InChI=1S/C25H30N4O5/c1-17-14-29(18(2)16-30)25(32)21-11-19(7-6-10-33-4)12-27-23(21)34-22(17)15-28(3)24(31)20-8-5-9-26-13-20/h5,8-9,11-13,17-18,22,30H,10,14-16H2,1-4H3/t17-,18+,22+/m0/s1. The molecule has 0 spiro atoms. The van der Waals surface area contributed by atoms with Crippen LogP contribution in [-0.4, -0.2) is 89.3 Å². The van der Waals surface area contributed by atoms with Crippen LogP contribution in [-0.2, 0) is 4.74 Å². The van der Waals surface area contributed by atoms with E-state index in [9.17, 15) is 14.7 Å². The van der Waals surface area contributed by atoms with Crippen molar-refractivity contribution in [3.05, 3.63) is 53.5 Å². The molecule has 1 N–H and O–H groups in total. The lowest BCUT2D eigenvalue weighted by molar-refractivity contribution is 0.0313. The number of carbonyl (C=O) groups excluding carboxylic acids is 2. The third kappa shape index (κ3) is 5.90. The molecular weight excluding hydrogens is 436 g/mol. The zero-order valence-corrected chi connectivity index (χ0v) is 19.9. The van der Waals surface area contributed by atoms with Gasteiger partial charge in [0.1, 0.15) is 18.3 Å². The van der Waals surface area contributed by atoms with E-state index >= 15 is 0 Å². The number of aromatic nitrogens is 2. The SMILES string of the molecule is COCC#Cc1cnc2c(c1)C(=O)N([C@H](C)CO)C[C@H](C)[C@@H](CN(C)C(=O)c1cccnc1)O2. The first-order valence-electron chi connectivity index (χ1n) is 11.1. The number of carbonyl (C=O) groups is 2.